The van der Waals surface area contributed by atoms with Crippen molar-refractivity contribution >= 4 is 5.91 Å². The number of rotatable bonds is 5. The van der Waals surface area contributed by atoms with E-state index in [0.717, 1.165) is 52.2 Å². The third-order valence-corrected chi connectivity index (χ3v) is 6.30. The Morgan fingerprint density at radius 1 is 1.00 bits per heavy atom. The lowest BCUT2D eigenvalue weighted by atomic mass is 9.86. The lowest BCUT2D eigenvalue weighted by Gasteiger charge is -2.43. The lowest BCUT2D eigenvalue weighted by molar-refractivity contribution is -0.161. The maximum Gasteiger partial charge on any atom is 0.255 e. The van der Waals surface area contributed by atoms with Crippen LogP contribution in [0.3, 0.4) is 0 Å². The van der Waals surface area contributed by atoms with Crippen molar-refractivity contribution in [3.8, 4) is 0 Å². The second kappa shape index (κ2) is 8.15. The predicted octanol–water partition coefficient (Wildman–Crippen LogP) is 1.56. The van der Waals surface area contributed by atoms with E-state index in [1.165, 1.54) is 32.1 Å². The SMILES string of the molecule is CCN1CCN(C[C@]2(O)CCCN(CC3CCCCC3)C2=O)CC1. The fraction of sp³-hybridized carbons (Fsp3) is 0.947. The number of piperidine rings is 1. The minimum atomic E-state index is -1.15. The van der Waals surface area contributed by atoms with E-state index >= 15 is 0 Å². The molecule has 0 spiro atoms. The number of nitrogens with zero attached hydrogens (tertiary/aromatic N) is 3. The summed E-state index contributed by atoms with van der Waals surface area (Å²) in [6.45, 7) is 9.52. The maximum atomic E-state index is 13.0. The Hall–Kier alpha value is -0.650. The minimum absolute atomic E-state index is 0.00255. The average Bonchev–Trinajstić information content (AvgIpc) is 2.61. The van der Waals surface area contributed by atoms with Crippen LogP contribution in [0.15, 0.2) is 0 Å². The first-order valence-corrected chi connectivity index (χ1v) is 10.1. The van der Waals surface area contributed by atoms with Crippen LogP contribution in [0.5, 0.6) is 0 Å². The van der Waals surface area contributed by atoms with Crippen LogP contribution in [-0.4, -0.2) is 83.7 Å². The number of amides is 1. The van der Waals surface area contributed by atoms with Gasteiger partial charge in [0.1, 0.15) is 0 Å². The van der Waals surface area contributed by atoms with Crippen LogP contribution in [0.1, 0.15) is 51.9 Å². The topological polar surface area (TPSA) is 47.0 Å². The highest BCUT2D eigenvalue weighted by molar-refractivity contribution is 5.86. The fourth-order valence-electron chi connectivity index (χ4n) is 4.70. The first-order valence-electron chi connectivity index (χ1n) is 10.1. The third kappa shape index (κ3) is 4.30. The Kier molecular flexibility index (Phi) is 6.17. The molecule has 2 heterocycles. The van der Waals surface area contributed by atoms with Crippen molar-refractivity contribution in [3.63, 3.8) is 0 Å². The maximum absolute atomic E-state index is 13.0. The zero-order valence-corrected chi connectivity index (χ0v) is 15.4. The number of likely N-dealkylation sites (N-methyl/N-ethyl adjacent to an activating group) is 1. The number of likely N-dealkylation sites (tertiary alicyclic amines) is 1. The van der Waals surface area contributed by atoms with Crippen molar-refractivity contribution in [1.29, 1.82) is 0 Å². The summed E-state index contributed by atoms with van der Waals surface area (Å²) in [5.41, 5.74) is -1.15. The summed E-state index contributed by atoms with van der Waals surface area (Å²) in [6, 6.07) is 0. The van der Waals surface area contributed by atoms with E-state index in [4.69, 9.17) is 0 Å². The van der Waals surface area contributed by atoms with Crippen molar-refractivity contribution in [2.75, 3.05) is 52.4 Å². The second-order valence-corrected chi connectivity index (χ2v) is 8.10. The van der Waals surface area contributed by atoms with Crippen molar-refractivity contribution in [2.24, 2.45) is 5.92 Å². The first kappa shape index (κ1) is 18.2. The molecular formula is C19H35N3O2. The van der Waals surface area contributed by atoms with E-state index in [-0.39, 0.29) is 5.91 Å². The molecule has 138 valence electrons. The monoisotopic (exact) mass is 337 g/mol. The van der Waals surface area contributed by atoms with Crippen molar-refractivity contribution in [3.05, 3.63) is 0 Å². The van der Waals surface area contributed by atoms with Crippen LogP contribution in [-0.2, 0) is 4.79 Å². The van der Waals surface area contributed by atoms with Crippen LogP contribution < -0.4 is 0 Å². The van der Waals surface area contributed by atoms with Crippen molar-refractivity contribution in [1.82, 2.24) is 14.7 Å². The van der Waals surface area contributed by atoms with Crippen LogP contribution in [0, 0.1) is 5.92 Å². The van der Waals surface area contributed by atoms with E-state index in [2.05, 4.69) is 16.7 Å². The average molecular weight is 338 g/mol. The normalized spacial score (nSPS) is 31.6. The van der Waals surface area contributed by atoms with E-state index in [9.17, 15) is 9.90 Å². The number of piperazine rings is 1. The Morgan fingerprint density at radius 3 is 2.33 bits per heavy atom. The van der Waals surface area contributed by atoms with Gasteiger partial charge in [0.05, 0.1) is 0 Å². The van der Waals surface area contributed by atoms with E-state index in [0.29, 0.717) is 18.9 Å². The molecule has 2 saturated heterocycles. The van der Waals surface area contributed by atoms with E-state index in [1.807, 2.05) is 4.90 Å². The van der Waals surface area contributed by atoms with Crippen LogP contribution in [0.4, 0.5) is 0 Å². The largest absolute Gasteiger partial charge is 0.379 e. The third-order valence-electron chi connectivity index (χ3n) is 6.30. The van der Waals surface area contributed by atoms with Gasteiger partial charge in [-0.2, -0.15) is 0 Å². The van der Waals surface area contributed by atoms with Gasteiger partial charge in [0.2, 0.25) is 0 Å². The molecular weight excluding hydrogens is 302 g/mol. The first-order chi connectivity index (χ1) is 11.6. The van der Waals surface area contributed by atoms with Gasteiger partial charge in [-0.15, -0.1) is 0 Å². The standard InChI is InChI=1S/C19H35N3O2/c1-2-20-11-13-21(14-12-20)16-19(24)9-6-10-22(18(19)23)15-17-7-4-3-5-8-17/h17,24H,2-16H2,1H3/t19-/m1/s1. The molecule has 0 radical (unpaired) electrons. The minimum Gasteiger partial charge on any atom is -0.379 e. The van der Waals surface area contributed by atoms with Gasteiger partial charge in [0.25, 0.3) is 5.91 Å². The smallest absolute Gasteiger partial charge is 0.255 e. The Morgan fingerprint density at radius 2 is 1.67 bits per heavy atom. The summed E-state index contributed by atoms with van der Waals surface area (Å²) in [5.74, 6) is 0.649. The van der Waals surface area contributed by atoms with Gasteiger partial charge in [0, 0.05) is 45.8 Å². The molecule has 24 heavy (non-hydrogen) atoms. The lowest BCUT2D eigenvalue weighted by Crippen LogP contribution is -2.61. The van der Waals surface area contributed by atoms with Gasteiger partial charge in [-0.05, 0) is 38.1 Å². The quantitative estimate of drug-likeness (QED) is 0.827. The van der Waals surface area contributed by atoms with E-state index in [1.54, 1.807) is 0 Å². The number of hydrogen-bond acceptors (Lipinski definition) is 4. The summed E-state index contributed by atoms with van der Waals surface area (Å²) in [4.78, 5) is 19.6. The van der Waals surface area contributed by atoms with Gasteiger partial charge in [0.15, 0.2) is 5.60 Å². The molecule has 3 aliphatic rings. The molecule has 1 saturated carbocycles. The molecule has 0 bridgehead atoms. The molecule has 1 amide bonds. The van der Waals surface area contributed by atoms with Gasteiger partial charge in [-0.3, -0.25) is 9.69 Å². The molecule has 1 N–H and O–H groups in total. The summed E-state index contributed by atoms with van der Waals surface area (Å²) in [5, 5.41) is 11.1. The molecule has 3 rings (SSSR count). The molecule has 5 nitrogen and oxygen atoms in total. The predicted molar refractivity (Wildman–Crippen MR) is 95.9 cm³/mol. The molecule has 3 fully saturated rings. The zero-order chi connectivity index (χ0) is 17.0. The number of β-amino-alcohol motifs (C(OH)–C–C–N with tert-alkyl or cyclic N) is 1. The molecule has 0 aromatic rings. The van der Waals surface area contributed by atoms with Crippen molar-refractivity contribution in [2.45, 2.75) is 57.5 Å². The van der Waals surface area contributed by atoms with Gasteiger partial charge >= 0.3 is 0 Å². The number of carbonyl (C=O) groups excluding carboxylic acids is 1. The fourth-order valence-corrected chi connectivity index (χ4v) is 4.70. The molecule has 0 unspecified atom stereocenters. The Labute approximate surface area is 147 Å². The number of aliphatic hydroxyl groups is 1. The number of carbonyl (C=O) groups is 1. The summed E-state index contributed by atoms with van der Waals surface area (Å²) in [7, 11) is 0. The molecule has 1 aliphatic carbocycles. The molecule has 5 heteroatoms. The second-order valence-electron chi connectivity index (χ2n) is 8.10. The summed E-state index contributed by atoms with van der Waals surface area (Å²) < 4.78 is 0. The Balaban J connectivity index is 1.54. The van der Waals surface area contributed by atoms with Gasteiger partial charge in [-0.1, -0.05) is 26.2 Å². The molecule has 1 atom stereocenters. The highest BCUT2D eigenvalue weighted by atomic mass is 16.3. The highest BCUT2D eigenvalue weighted by Crippen LogP contribution is 2.29. The van der Waals surface area contributed by atoms with Gasteiger partial charge in [-0.25, -0.2) is 0 Å². The van der Waals surface area contributed by atoms with Gasteiger partial charge < -0.3 is 14.9 Å². The van der Waals surface area contributed by atoms with E-state index < -0.39 is 5.60 Å². The molecule has 2 aliphatic heterocycles. The summed E-state index contributed by atoms with van der Waals surface area (Å²) in [6.07, 6.45) is 8.02. The van der Waals surface area contributed by atoms with Crippen LogP contribution in [0.25, 0.3) is 0 Å². The molecule has 0 aromatic carbocycles. The zero-order valence-electron chi connectivity index (χ0n) is 15.4. The molecule has 0 aromatic heterocycles. The number of hydrogen-bond donors (Lipinski definition) is 1. The van der Waals surface area contributed by atoms with Crippen molar-refractivity contribution < 1.29 is 9.90 Å². The summed E-state index contributed by atoms with van der Waals surface area (Å²) >= 11 is 0. The van der Waals surface area contributed by atoms with Crippen LogP contribution in [0.2, 0.25) is 0 Å². The Bertz CT molecular complexity index is 417. The highest BCUT2D eigenvalue weighted by Gasteiger charge is 2.44. The van der Waals surface area contributed by atoms with Crippen LogP contribution >= 0.6 is 0 Å².